The number of carbonyl (C=O) groups is 1. The van der Waals surface area contributed by atoms with Crippen LogP contribution in [0.2, 0.25) is 0 Å². The lowest BCUT2D eigenvalue weighted by molar-refractivity contribution is 0.0788. The fraction of sp³-hybridized carbons (Fsp3) is 0.588. The van der Waals surface area contributed by atoms with Gasteiger partial charge < -0.3 is 9.64 Å². The van der Waals surface area contributed by atoms with Crippen LogP contribution in [0.5, 0.6) is 5.75 Å². The molecular weight excluding hydrogens is 250 g/mol. The Morgan fingerprint density at radius 1 is 1.35 bits per heavy atom. The molecule has 1 rings (SSSR count). The highest BCUT2D eigenvalue weighted by atomic mass is 16.5. The van der Waals surface area contributed by atoms with Gasteiger partial charge in [-0.3, -0.25) is 4.79 Å². The standard InChI is InChI=1S/C17H26NO2/c1-13(2)11-12-18(6)16(19)14-7-9-15(10-8-14)20-17(3,4)5/h7,9-10,13H,11-12H2,1-6H3. The van der Waals surface area contributed by atoms with E-state index in [4.69, 9.17) is 4.74 Å². The fourth-order valence-corrected chi connectivity index (χ4v) is 1.72. The molecule has 20 heavy (non-hydrogen) atoms. The maximum atomic E-state index is 12.2. The smallest absolute Gasteiger partial charge is 0.254 e. The molecule has 0 spiro atoms. The van der Waals surface area contributed by atoms with E-state index in [1.165, 1.54) is 0 Å². The average molecular weight is 276 g/mol. The summed E-state index contributed by atoms with van der Waals surface area (Å²) >= 11 is 0. The lowest BCUT2D eigenvalue weighted by Gasteiger charge is -2.22. The Labute approximate surface area is 122 Å². The summed E-state index contributed by atoms with van der Waals surface area (Å²) in [5.41, 5.74) is 0.338. The van der Waals surface area contributed by atoms with E-state index in [1.54, 1.807) is 17.0 Å². The Morgan fingerprint density at radius 3 is 2.45 bits per heavy atom. The zero-order valence-electron chi connectivity index (χ0n) is 13.5. The number of hydrogen-bond acceptors (Lipinski definition) is 2. The molecule has 3 nitrogen and oxygen atoms in total. The summed E-state index contributed by atoms with van der Waals surface area (Å²) in [6.07, 6.45) is 1.01. The van der Waals surface area contributed by atoms with Crippen LogP contribution in [-0.4, -0.2) is 30.0 Å². The second-order valence-corrected chi connectivity index (χ2v) is 6.56. The van der Waals surface area contributed by atoms with E-state index in [0.29, 0.717) is 11.5 Å². The van der Waals surface area contributed by atoms with Crippen LogP contribution in [0.1, 0.15) is 51.4 Å². The SMILES string of the molecule is CC(C)CCN(C)C(=O)c1[c]cc(OC(C)(C)C)cc1. The van der Waals surface area contributed by atoms with Gasteiger partial charge >= 0.3 is 0 Å². The Morgan fingerprint density at radius 2 is 2.00 bits per heavy atom. The lowest BCUT2D eigenvalue weighted by atomic mass is 10.1. The maximum absolute atomic E-state index is 12.2. The minimum atomic E-state index is -0.243. The zero-order chi connectivity index (χ0) is 15.3. The Hall–Kier alpha value is -1.51. The van der Waals surface area contributed by atoms with Crippen molar-refractivity contribution in [3.63, 3.8) is 0 Å². The van der Waals surface area contributed by atoms with E-state index in [-0.39, 0.29) is 11.5 Å². The molecule has 0 heterocycles. The third-order valence-corrected chi connectivity index (χ3v) is 2.83. The van der Waals surface area contributed by atoms with Gasteiger partial charge in [-0.05, 0) is 57.4 Å². The van der Waals surface area contributed by atoms with Gasteiger partial charge in [0.1, 0.15) is 11.4 Å². The number of amides is 1. The van der Waals surface area contributed by atoms with Crippen LogP contribution in [-0.2, 0) is 0 Å². The molecule has 0 fully saturated rings. The Balaban J connectivity index is 2.65. The molecule has 0 saturated carbocycles. The molecule has 0 aliphatic heterocycles. The van der Waals surface area contributed by atoms with Crippen molar-refractivity contribution < 1.29 is 9.53 Å². The predicted octanol–water partition coefficient (Wildman–Crippen LogP) is 3.78. The molecule has 0 saturated heterocycles. The summed E-state index contributed by atoms with van der Waals surface area (Å²) in [5.74, 6) is 1.34. The van der Waals surface area contributed by atoms with Crippen LogP contribution < -0.4 is 4.74 Å². The molecule has 3 heteroatoms. The number of benzene rings is 1. The van der Waals surface area contributed by atoms with Crippen LogP contribution in [0.4, 0.5) is 0 Å². The van der Waals surface area contributed by atoms with Crippen molar-refractivity contribution in [3.8, 4) is 5.75 Å². The first-order valence-electron chi connectivity index (χ1n) is 7.15. The number of carbonyl (C=O) groups excluding carboxylic acids is 1. The van der Waals surface area contributed by atoms with Gasteiger partial charge in [0.05, 0.1) is 0 Å². The van der Waals surface area contributed by atoms with E-state index >= 15 is 0 Å². The highest BCUT2D eigenvalue weighted by Crippen LogP contribution is 2.18. The number of ether oxygens (including phenoxy) is 1. The van der Waals surface area contributed by atoms with E-state index in [1.807, 2.05) is 33.9 Å². The normalized spacial score (nSPS) is 11.6. The molecule has 1 aromatic rings. The molecular formula is C17H26NO2. The quantitative estimate of drug-likeness (QED) is 0.819. The van der Waals surface area contributed by atoms with Gasteiger partial charge in [-0.1, -0.05) is 13.8 Å². The molecule has 1 amide bonds. The summed E-state index contributed by atoms with van der Waals surface area (Å²) in [6, 6.07) is 8.34. The summed E-state index contributed by atoms with van der Waals surface area (Å²) in [5, 5.41) is 0. The third kappa shape index (κ3) is 5.64. The van der Waals surface area contributed by atoms with E-state index in [9.17, 15) is 4.79 Å². The number of hydrogen-bond donors (Lipinski definition) is 0. The Bertz CT molecular complexity index is 429. The van der Waals surface area contributed by atoms with Crippen molar-refractivity contribution in [1.82, 2.24) is 4.90 Å². The molecule has 0 bridgehead atoms. The zero-order valence-corrected chi connectivity index (χ0v) is 13.5. The first-order valence-corrected chi connectivity index (χ1v) is 7.15. The van der Waals surface area contributed by atoms with Gasteiger partial charge in [0.2, 0.25) is 0 Å². The number of rotatable bonds is 5. The van der Waals surface area contributed by atoms with Crippen LogP contribution in [0.15, 0.2) is 18.2 Å². The minimum absolute atomic E-state index is 0.00737. The first kappa shape index (κ1) is 16.5. The molecule has 0 unspecified atom stereocenters. The summed E-state index contributed by atoms with van der Waals surface area (Å²) in [6.45, 7) is 11.1. The number of nitrogens with zero attached hydrogens (tertiary/aromatic N) is 1. The van der Waals surface area contributed by atoms with Gasteiger partial charge in [0.25, 0.3) is 5.91 Å². The largest absolute Gasteiger partial charge is 0.488 e. The second kappa shape index (κ2) is 6.78. The lowest BCUT2D eigenvalue weighted by Crippen LogP contribution is -2.28. The summed E-state index contributed by atoms with van der Waals surface area (Å²) in [7, 11) is 1.83. The van der Waals surface area contributed by atoms with Gasteiger partial charge in [-0.25, -0.2) is 0 Å². The van der Waals surface area contributed by atoms with Crippen LogP contribution in [0.3, 0.4) is 0 Å². The first-order chi connectivity index (χ1) is 9.19. The van der Waals surface area contributed by atoms with Crippen molar-refractivity contribution in [1.29, 1.82) is 0 Å². The van der Waals surface area contributed by atoms with Crippen molar-refractivity contribution >= 4 is 5.91 Å². The van der Waals surface area contributed by atoms with Gasteiger partial charge in [0, 0.05) is 19.2 Å². The molecule has 0 N–H and O–H groups in total. The van der Waals surface area contributed by atoms with Gasteiger partial charge in [-0.15, -0.1) is 0 Å². The van der Waals surface area contributed by atoms with Crippen LogP contribution >= 0.6 is 0 Å². The van der Waals surface area contributed by atoms with Gasteiger partial charge in [0.15, 0.2) is 0 Å². The monoisotopic (exact) mass is 276 g/mol. The van der Waals surface area contributed by atoms with Gasteiger partial charge in [-0.2, -0.15) is 0 Å². The molecule has 111 valence electrons. The topological polar surface area (TPSA) is 29.5 Å². The molecule has 0 aliphatic rings. The highest BCUT2D eigenvalue weighted by Gasteiger charge is 2.14. The average Bonchev–Trinajstić information content (AvgIpc) is 2.34. The molecule has 0 aromatic heterocycles. The van der Waals surface area contributed by atoms with Crippen molar-refractivity contribution in [3.05, 3.63) is 29.8 Å². The van der Waals surface area contributed by atoms with E-state index < -0.39 is 0 Å². The molecule has 1 aromatic carbocycles. The summed E-state index contributed by atoms with van der Waals surface area (Å²) < 4.78 is 5.72. The van der Waals surface area contributed by atoms with Crippen LogP contribution in [0, 0.1) is 12.0 Å². The minimum Gasteiger partial charge on any atom is -0.488 e. The van der Waals surface area contributed by atoms with E-state index in [2.05, 4.69) is 19.9 Å². The molecule has 1 radical (unpaired) electrons. The third-order valence-electron chi connectivity index (χ3n) is 2.83. The van der Waals surface area contributed by atoms with E-state index in [0.717, 1.165) is 18.7 Å². The predicted molar refractivity (Wildman–Crippen MR) is 82.1 cm³/mol. The maximum Gasteiger partial charge on any atom is 0.254 e. The molecule has 0 aliphatic carbocycles. The molecule has 0 atom stereocenters. The fourth-order valence-electron chi connectivity index (χ4n) is 1.72. The van der Waals surface area contributed by atoms with Crippen molar-refractivity contribution in [2.24, 2.45) is 5.92 Å². The van der Waals surface area contributed by atoms with Crippen molar-refractivity contribution in [2.45, 2.75) is 46.6 Å². The second-order valence-electron chi connectivity index (χ2n) is 6.56. The Kier molecular flexibility index (Phi) is 5.61. The highest BCUT2D eigenvalue weighted by molar-refractivity contribution is 5.93. The van der Waals surface area contributed by atoms with Crippen molar-refractivity contribution in [2.75, 3.05) is 13.6 Å². The summed E-state index contributed by atoms with van der Waals surface area (Å²) in [4.78, 5) is 14.0. The van der Waals surface area contributed by atoms with Crippen LogP contribution in [0.25, 0.3) is 0 Å².